The lowest BCUT2D eigenvalue weighted by Gasteiger charge is -2.19. The Bertz CT molecular complexity index is 567. The van der Waals surface area contributed by atoms with Crippen LogP contribution in [0, 0.1) is 11.6 Å². The summed E-state index contributed by atoms with van der Waals surface area (Å²) in [6.45, 7) is 2.68. The van der Waals surface area contributed by atoms with Crippen LogP contribution < -0.4 is 11.1 Å². The Morgan fingerprint density at radius 3 is 2.55 bits per heavy atom. The fourth-order valence-electron chi connectivity index (χ4n) is 2.23. The first-order valence-corrected chi connectivity index (χ1v) is 6.49. The summed E-state index contributed by atoms with van der Waals surface area (Å²) in [5, 5.41) is 3.26. The average molecular weight is 277 g/mol. The number of aromatic nitrogens is 1. The summed E-state index contributed by atoms with van der Waals surface area (Å²) >= 11 is 0. The summed E-state index contributed by atoms with van der Waals surface area (Å²) in [4.78, 5) is 4.05. The number of pyridine rings is 1. The van der Waals surface area contributed by atoms with Crippen molar-refractivity contribution in [2.45, 2.75) is 19.4 Å². The van der Waals surface area contributed by atoms with Crippen LogP contribution in [0.15, 0.2) is 36.5 Å². The molecule has 0 bridgehead atoms. The van der Waals surface area contributed by atoms with Crippen LogP contribution in [0.3, 0.4) is 0 Å². The van der Waals surface area contributed by atoms with E-state index in [0.717, 1.165) is 18.2 Å². The maximum absolute atomic E-state index is 13.2. The fourth-order valence-corrected chi connectivity index (χ4v) is 2.23. The SMILES string of the molecule is CCNC(Cc1cc(F)cc(F)c1)c1cccnc1N. The van der Waals surface area contributed by atoms with Gasteiger partial charge in [0.05, 0.1) is 0 Å². The number of rotatable bonds is 5. The number of nitrogens with two attached hydrogens (primary N) is 1. The minimum Gasteiger partial charge on any atom is -0.383 e. The van der Waals surface area contributed by atoms with Crippen molar-refractivity contribution in [3.63, 3.8) is 0 Å². The molecule has 0 saturated heterocycles. The number of hydrogen-bond acceptors (Lipinski definition) is 3. The molecule has 0 radical (unpaired) electrons. The van der Waals surface area contributed by atoms with Gasteiger partial charge in [-0.15, -0.1) is 0 Å². The van der Waals surface area contributed by atoms with E-state index in [1.165, 1.54) is 12.1 Å². The highest BCUT2D eigenvalue weighted by Crippen LogP contribution is 2.23. The molecule has 0 aliphatic carbocycles. The molecule has 106 valence electrons. The van der Waals surface area contributed by atoms with Crippen LogP contribution >= 0.6 is 0 Å². The van der Waals surface area contributed by atoms with Gasteiger partial charge in [-0.1, -0.05) is 13.0 Å². The van der Waals surface area contributed by atoms with Crippen LogP contribution in [-0.2, 0) is 6.42 Å². The van der Waals surface area contributed by atoms with E-state index < -0.39 is 11.6 Å². The zero-order valence-corrected chi connectivity index (χ0v) is 11.2. The van der Waals surface area contributed by atoms with Crippen molar-refractivity contribution in [1.82, 2.24) is 10.3 Å². The van der Waals surface area contributed by atoms with Gasteiger partial charge in [-0.2, -0.15) is 0 Å². The zero-order valence-electron chi connectivity index (χ0n) is 11.2. The maximum atomic E-state index is 13.2. The van der Waals surface area contributed by atoms with Gasteiger partial charge in [-0.25, -0.2) is 13.8 Å². The van der Waals surface area contributed by atoms with Gasteiger partial charge in [-0.3, -0.25) is 0 Å². The summed E-state index contributed by atoms with van der Waals surface area (Å²) in [5.41, 5.74) is 7.28. The van der Waals surface area contributed by atoms with E-state index in [2.05, 4.69) is 10.3 Å². The Kier molecular flexibility index (Phi) is 4.63. The van der Waals surface area contributed by atoms with Crippen LogP contribution in [0.2, 0.25) is 0 Å². The van der Waals surface area contributed by atoms with E-state index in [1.54, 1.807) is 12.3 Å². The monoisotopic (exact) mass is 277 g/mol. The molecular formula is C15H17F2N3. The number of nitrogens with one attached hydrogen (secondary N) is 1. The Labute approximate surface area is 116 Å². The van der Waals surface area contributed by atoms with Crippen molar-refractivity contribution in [2.24, 2.45) is 0 Å². The molecule has 5 heteroatoms. The van der Waals surface area contributed by atoms with E-state index in [-0.39, 0.29) is 6.04 Å². The number of nitrogens with zero attached hydrogens (tertiary/aromatic N) is 1. The summed E-state index contributed by atoms with van der Waals surface area (Å²) in [7, 11) is 0. The molecule has 0 saturated carbocycles. The molecule has 1 aromatic heterocycles. The molecule has 3 N–H and O–H groups in total. The van der Waals surface area contributed by atoms with E-state index >= 15 is 0 Å². The first-order valence-electron chi connectivity index (χ1n) is 6.49. The molecule has 0 amide bonds. The van der Waals surface area contributed by atoms with E-state index in [1.807, 2.05) is 13.0 Å². The first-order chi connectivity index (χ1) is 9.60. The van der Waals surface area contributed by atoms with Gasteiger partial charge in [0, 0.05) is 23.9 Å². The van der Waals surface area contributed by atoms with Gasteiger partial charge >= 0.3 is 0 Å². The Morgan fingerprint density at radius 2 is 1.95 bits per heavy atom. The lowest BCUT2D eigenvalue weighted by atomic mass is 9.99. The lowest BCUT2D eigenvalue weighted by Crippen LogP contribution is -2.24. The van der Waals surface area contributed by atoms with Crippen molar-refractivity contribution in [2.75, 3.05) is 12.3 Å². The third-order valence-corrected chi connectivity index (χ3v) is 3.06. The number of likely N-dealkylation sites (N-methyl/N-ethyl adjacent to an activating group) is 1. The molecule has 0 spiro atoms. The Balaban J connectivity index is 2.28. The lowest BCUT2D eigenvalue weighted by molar-refractivity contribution is 0.539. The molecule has 1 aromatic carbocycles. The molecular weight excluding hydrogens is 260 g/mol. The molecule has 0 aliphatic heterocycles. The second-order valence-corrected chi connectivity index (χ2v) is 4.57. The van der Waals surface area contributed by atoms with Crippen molar-refractivity contribution in [1.29, 1.82) is 0 Å². The van der Waals surface area contributed by atoms with Crippen molar-refractivity contribution in [3.8, 4) is 0 Å². The molecule has 1 heterocycles. The third-order valence-electron chi connectivity index (χ3n) is 3.06. The normalized spacial score (nSPS) is 12.3. The van der Waals surface area contributed by atoms with Crippen molar-refractivity contribution in [3.05, 3.63) is 59.3 Å². The van der Waals surface area contributed by atoms with Gasteiger partial charge in [0.2, 0.25) is 0 Å². The molecule has 1 unspecified atom stereocenters. The molecule has 0 aliphatic rings. The van der Waals surface area contributed by atoms with Crippen LogP contribution in [0.25, 0.3) is 0 Å². The molecule has 20 heavy (non-hydrogen) atoms. The van der Waals surface area contributed by atoms with Crippen molar-refractivity contribution < 1.29 is 8.78 Å². The highest BCUT2D eigenvalue weighted by Gasteiger charge is 2.15. The molecule has 2 rings (SSSR count). The number of hydrogen-bond donors (Lipinski definition) is 2. The standard InChI is InChI=1S/C15H17F2N3/c1-2-19-14(13-4-3-5-20-15(13)18)8-10-6-11(16)9-12(17)7-10/h3-7,9,14,19H,2,8H2,1H3,(H2,18,20). The summed E-state index contributed by atoms with van der Waals surface area (Å²) in [6, 6.07) is 7.06. The second-order valence-electron chi connectivity index (χ2n) is 4.57. The van der Waals surface area contributed by atoms with Crippen molar-refractivity contribution >= 4 is 5.82 Å². The molecule has 1 atom stereocenters. The fraction of sp³-hybridized carbons (Fsp3) is 0.267. The molecule has 0 fully saturated rings. The van der Waals surface area contributed by atoms with Crippen LogP contribution in [0.4, 0.5) is 14.6 Å². The molecule has 3 nitrogen and oxygen atoms in total. The number of anilines is 1. The topological polar surface area (TPSA) is 50.9 Å². The third kappa shape index (κ3) is 3.51. The minimum atomic E-state index is -0.575. The first kappa shape index (κ1) is 14.4. The maximum Gasteiger partial charge on any atom is 0.128 e. The summed E-state index contributed by atoms with van der Waals surface area (Å²) < 4.78 is 26.5. The predicted octanol–water partition coefficient (Wildman–Crippen LogP) is 2.84. The Morgan fingerprint density at radius 1 is 1.25 bits per heavy atom. The van der Waals surface area contributed by atoms with Gasteiger partial charge in [0.25, 0.3) is 0 Å². The van der Waals surface area contributed by atoms with E-state index in [4.69, 9.17) is 5.73 Å². The van der Waals surface area contributed by atoms with Crippen LogP contribution in [-0.4, -0.2) is 11.5 Å². The summed E-state index contributed by atoms with van der Waals surface area (Å²) in [6.07, 6.45) is 2.06. The quantitative estimate of drug-likeness (QED) is 0.883. The second kappa shape index (κ2) is 6.43. The number of benzene rings is 1. The van der Waals surface area contributed by atoms with Gasteiger partial charge in [-0.05, 0) is 36.7 Å². The Hall–Kier alpha value is -2.01. The highest BCUT2D eigenvalue weighted by atomic mass is 19.1. The highest BCUT2D eigenvalue weighted by molar-refractivity contribution is 5.41. The van der Waals surface area contributed by atoms with Crippen LogP contribution in [0.5, 0.6) is 0 Å². The smallest absolute Gasteiger partial charge is 0.128 e. The van der Waals surface area contributed by atoms with Gasteiger partial charge < -0.3 is 11.1 Å². The van der Waals surface area contributed by atoms with E-state index in [0.29, 0.717) is 17.8 Å². The van der Waals surface area contributed by atoms with Gasteiger partial charge in [0.1, 0.15) is 17.5 Å². The predicted molar refractivity (Wildman–Crippen MR) is 75.1 cm³/mol. The van der Waals surface area contributed by atoms with E-state index in [9.17, 15) is 8.78 Å². The minimum absolute atomic E-state index is 0.130. The average Bonchev–Trinajstić information content (AvgIpc) is 2.37. The number of halogens is 2. The largest absolute Gasteiger partial charge is 0.383 e. The molecule has 2 aromatic rings. The number of nitrogen functional groups attached to an aromatic ring is 1. The van der Waals surface area contributed by atoms with Gasteiger partial charge in [0.15, 0.2) is 0 Å². The summed E-state index contributed by atoms with van der Waals surface area (Å²) in [5.74, 6) is -0.723. The zero-order chi connectivity index (χ0) is 14.5. The van der Waals surface area contributed by atoms with Crippen LogP contribution in [0.1, 0.15) is 24.1 Å².